The molecule has 0 bridgehead atoms. The summed E-state index contributed by atoms with van der Waals surface area (Å²) in [5.74, 6) is 0.162. The van der Waals surface area contributed by atoms with Crippen molar-refractivity contribution in [2.24, 2.45) is 0 Å². The Morgan fingerprint density at radius 1 is 1.12 bits per heavy atom. The average Bonchev–Trinajstić information content (AvgIpc) is 2.73. The summed E-state index contributed by atoms with van der Waals surface area (Å²) in [7, 11) is 0. The van der Waals surface area contributed by atoms with Crippen LogP contribution in [-0.4, -0.2) is 6.54 Å². The van der Waals surface area contributed by atoms with Gasteiger partial charge in [-0.25, -0.2) is 4.39 Å². The van der Waals surface area contributed by atoms with Crippen molar-refractivity contribution < 1.29 is 4.39 Å². The Bertz CT molecular complexity index is 545. The Kier molecular flexibility index (Phi) is 2.36. The molecule has 1 N–H and O–H groups in total. The third kappa shape index (κ3) is 1.80. The summed E-state index contributed by atoms with van der Waals surface area (Å²) in [5, 5.41) is 3.40. The molecule has 0 aliphatic carbocycles. The van der Waals surface area contributed by atoms with Crippen molar-refractivity contribution in [3.05, 3.63) is 65.0 Å². The Morgan fingerprint density at radius 3 is 2.65 bits per heavy atom. The normalized spacial score (nSPS) is 17.6. The lowest BCUT2D eigenvalue weighted by Crippen LogP contribution is -2.03. The van der Waals surface area contributed by atoms with Crippen LogP contribution >= 0.6 is 0 Å². The van der Waals surface area contributed by atoms with E-state index in [1.165, 1.54) is 34.5 Å². The summed E-state index contributed by atoms with van der Waals surface area (Å²) in [6.45, 7) is 2.99. The summed E-state index contributed by atoms with van der Waals surface area (Å²) in [6, 6.07) is 13.3. The predicted molar refractivity (Wildman–Crippen MR) is 67.9 cm³/mol. The Morgan fingerprint density at radius 2 is 1.88 bits per heavy atom. The molecule has 2 heteroatoms. The summed E-state index contributed by atoms with van der Waals surface area (Å²) in [4.78, 5) is 0. The molecule has 1 heterocycles. The number of halogens is 1. The minimum Gasteiger partial charge on any atom is -0.384 e. The van der Waals surface area contributed by atoms with Gasteiger partial charge in [-0.2, -0.15) is 0 Å². The quantitative estimate of drug-likeness (QED) is 0.783. The fraction of sp³-hybridized carbons (Fsp3) is 0.200. The second-order valence-electron chi connectivity index (χ2n) is 4.58. The van der Waals surface area contributed by atoms with Crippen molar-refractivity contribution in [2.75, 3.05) is 11.9 Å². The van der Waals surface area contributed by atoms with Crippen LogP contribution in [0.2, 0.25) is 0 Å². The van der Waals surface area contributed by atoms with Gasteiger partial charge >= 0.3 is 0 Å². The van der Waals surface area contributed by atoms with Crippen molar-refractivity contribution in [1.82, 2.24) is 0 Å². The molecular weight excluding hydrogens is 213 g/mol. The second-order valence-corrected chi connectivity index (χ2v) is 4.58. The first kappa shape index (κ1) is 10.3. The zero-order valence-electron chi connectivity index (χ0n) is 9.70. The highest BCUT2D eigenvalue weighted by Crippen LogP contribution is 2.36. The first-order chi connectivity index (χ1) is 8.24. The SMILES string of the molecule is Cc1ccc2c(c1)C(c1ccc(F)cc1)CN2. The van der Waals surface area contributed by atoms with Crippen LogP contribution in [0.4, 0.5) is 10.1 Å². The molecule has 1 aliphatic rings. The van der Waals surface area contributed by atoms with Crippen LogP contribution in [0.3, 0.4) is 0 Å². The van der Waals surface area contributed by atoms with E-state index in [1.807, 2.05) is 12.1 Å². The fourth-order valence-electron chi connectivity index (χ4n) is 2.45. The molecule has 3 rings (SSSR count). The van der Waals surface area contributed by atoms with Gasteiger partial charge in [0.2, 0.25) is 0 Å². The molecular formula is C15H14FN. The van der Waals surface area contributed by atoms with Crippen molar-refractivity contribution in [3.8, 4) is 0 Å². The second kappa shape index (κ2) is 3.88. The molecule has 1 aliphatic heterocycles. The minimum absolute atomic E-state index is 0.177. The molecule has 0 amide bonds. The van der Waals surface area contributed by atoms with Crippen LogP contribution in [0.5, 0.6) is 0 Å². The molecule has 2 aromatic carbocycles. The largest absolute Gasteiger partial charge is 0.384 e. The molecule has 17 heavy (non-hydrogen) atoms. The van der Waals surface area contributed by atoms with Crippen LogP contribution in [0.25, 0.3) is 0 Å². The molecule has 0 saturated heterocycles. The molecule has 0 radical (unpaired) electrons. The summed E-state index contributed by atoms with van der Waals surface area (Å²) in [5.41, 5.74) is 4.95. The highest BCUT2D eigenvalue weighted by atomic mass is 19.1. The van der Waals surface area contributed by atoms with Gasteiger partial charge in [-0.05, 0) is 36.2 Å². The van der Waals surface area contributed by atoms with E-state index >= 15 is 0 Å². The number of aryl methyl sites for hydroxylation is 1. The Labute approximate surface area is 100 Å². The predicted octanol–water partition coefficient (Wildman–Crippen LogP) is 3.69. The third-order valence-electron chi connectivity index (χ3n) is 3.35. The lowest BCUT2D eigenvalue weighted by Gasteiger charge is -2.11. The monoisotopic (exact) mass is 227 g/mol. The zero-order valence-corrected chi connectivity index (χ0v) is 9.70. The highest BCUT2D eigenvalue weighted by Gasteiger charge is 2.23. The third-order valence-corrected chi connectivity index (χ3v) is 3.35. The Balaban J connectivity index is 2.03. The Hall–Kier alpha value is -1.83. The molecule has 2 aromatic rings. The number of hydrogen-bond donors (Lipinski definition) is 1. The van der Waals surface area contributed by atoms with Gasteiger partial charge in [-0.3, -0.25) is 0 Å². The molecule has 0 spiro atoms. The maximum Gasteiger partial charge on any atom is 0.123 e. The van der Waals surface area contributed by atoms with Crippen molar-refractivity contribution in [2.45, 2.75) is 12.8 Å². The van der Waals surface area contributed by atoms with Crippen molar-refractivity contribution in [1.29, 1.82) is 0 Å². The minimum atomic E-state index is -0.177. The summed E-state index contributed by atoms with van der Waals surface area (Å²) < 4.78 is 12.9. The lowest BCUT2D eigenvalue weighted by atomic mass is 9.92. The van der Waals surface area contributed by atoms with Gasteiger partial charge in [0.15, 0.2) is 0 Å². The van der Waals surface area contributed by atoms with Gasteiger partial charge in [0, 0.05) is 18.2 Å². The number of benzene rings is 2. The van der Waals surface area contributed by atoms with E-state index in [0.717, 1.165) is 6.54 Å². The number of nitrogens with one attached hydrogen (secondary N) is 1. The lowest BCUT2D eigenvalue weighted by molar-refractivity contribution is 0.626. The fourth-order valence-corrected chi connectivity index (χ4v) is 2.45. The van der Waals surface area contributed by atoms with Crippen LogP contribution in [0, 0.1) is 12.7 Å². The number of fused-ring (bicyclic) bond motifs is 1. The van der Waals surface area contributed by atoms with Crippen molar-refractivity contribution in [3.63, 3.8) is 0 Å². The highest BCUT2D eigenvalue weighted by molar-refractivity contribution is 5.61. The van der Waals surface area contributed by atoms with E-state index in [2.05, 4.69) is 30.4 Å². The maximum absolute atomic E-state index is 12.9. The first-order valence-corrected chi connectivity index (χ1v) is 5.84. The molecule has 0 aromatic heterocycles. The van der Waals surface area contributed by atoms with Gasteiger partial charge < -0.3 is 5.32 Å². The maximum atomic E-state index is 12.9. The first-order valence-electron chi connectivity index (χ1n) is 5.84. The van der Waals surface area contributed by atoms with Gasteiger partial charge in [-0.15, -0.1) is 0 Å². The van der Waals surface area contributed by atoms with Gasteiger partial charge in [0.05, 0.1) is 0 Å². The van der Waals surface area contributed by atoms with Gasteiger partial charge in [0.25, 0.3) is 0 Å². The van der Waals surface area contributed by atoms with Gasteiger partial charge in [0.1, 0.15) is 5.82 Å². The molecule has 1 unspecified atom stereocenters. The van der Waals surface area contributed by atoms with E-state index in [1.54, 1.807) is 0 Å². The topological polar surface area (TPSA) is 12.0 Å². The van der Waals surface area contributed by atoms with E-state index in [9.17, 15) is 4.39 Å². The average molecular weight is 227 g/mol. The standard InChI is InChI=1S/C15H14FN/c1-10-2-7-15-13(8-10)14(9-17-15)11-3-5-12(16)6-4-11/h2-8,14,17H,9H2,1H3. The number of anilines is 1. The van der Waals surface area contributed by atoms with E-state index in [4.69, 9.17) is 0 Å². The molecule has 0 fully saturated rings. The van der Waals surface area contributed by atoms with Crippen LogP contribution in [0.15, 0.2) is 42.5 Å². The summed E-state index contributed by atoms with van der Waals surface area (Å²) >= 11 is 0. The molecule has 1 nitrogen and oxygen atoms in total. The summed E-state index contributed by atoms with van der Waals surface area (Å²) in [6.07, 6.45) is 0. The van der Waals surface area contributed by atoms with Crippen LogP contribution < -0.4 is 5.32 Å². The van der Waals surface area contributed by atoms with Crippen molar-refractivity contribution >= 4 is 5.69 Å². The number of hydrogen-bond acceptors (Lipinski definition) is 1. The van der Waals surface area contributed by atoms with E-state index in [-0.39, 0.29) is 5.82 Å². The molecule has 1 atom stereocenters. The zero-order chi connectivity index (χ0) is 11.8. The van der Waals surface area contributed by atoms with Crippen LogP contribution in [-0.2, 0) is 0 Å². The number of rotatable bonds is 1. The van der Waals surface area contributed by atoms with E-state index < -0.39 is 0 Å². The smallest absolute Gasteiger partial charge is 0.123 e. The molecule has 0 saturated carbocycles. The molecule has 86 valence electrons. The van der Waals surface area contributed by atoms with Gasteiger partial charge in [-0.1, -0.05) is 29.8 Å². The van der Waals surface area contributed by atoms with Crippen LogP contribution in [0.1, 0.15) is 22.6 Å². The van der Waals surface area contributed by atoms with E-state index in [0.29, 0.717) is 5.92 Å².